The standard InChI is InChI=1S/C10H19NO/c1-2-3-7-10(12)11-8-9-5-4-6-9/h9H,2-8H2,1H3,(H,11,12). The van der Waals surface area contributed by atoms with Gasteiger partial charge in [0.1, 0.15) is 0 Å². The molecule has 2 heteroatoms. The van der Waals surface area contributed by atoms with Crippen molar-refractivity contribution in [3.63, 3.8) is 0 Å². The molecule has 0 atom stereocenters. The van der Waals surface area contributed by atoms with Crippen molar-refractivity contribution in [1.29, 1.82) is 0 Å². The fraction of sp³-hybridized carbons (Fsp3) is 0.900. The Labute approximate surface area is 74.7 Å². The van der Waals surface area contributed by atoms with E-state index in [-0.39, 0.29) is 5.91 Å². The maximum absolute atomic E-state index is 11.1. The average Bonchev–Trinajstić information content (AvgIpc) is 1.98. The average molecular weight is 169 g/mol. The van der Waals surface area contributed by atoms with Gasteiger partial charge in [0, 0.05) is 13.0 Å². The fourth-order valence-corrected chi connectivity index (χ4v) is 1.38. The number of hydrogen-bond acceptors (Lipinski definition) is 1. The van der Waals surface area contributed by atoms with Gasteiger partial charge in [-0.05, 0) is 25.2 Å². The molecule has 0 saturated heterocycles. The zero-order valence-corrected chi connectivity index (χ0v) is 7.94. The smallest absolute Gasteiger partial charge is 0.220 e. The van der Waals surface area contributed by atoms with E-state index in [9.17, 15) is 4.79 Å². The molecule has 0 unspecified atom stereocenters. The summed E-state index contributed by atoms with van der Waals surface area (Å²) in [5, 5.41) is 2.98. The third-order valence-corrected chi connectivity index (χ3v) is 2.57. The van der Waals surface area contributed by atoms with Crippen LogP contribution in [0.25, 0.3) is 0 Å². The predicted octanol–water partition coefficient (Wildman–Crippen LogP) is 2.09. The number of nitrogens with one attached hydrogen (secondary N) is 1. The Balaban J connectivity index is 1.94. The maximum Gasteiger partial charge on any atom is 0.220 e. The van der Waals surface area contributed by atoms with Crippen LogP contribution >= 0.6 is 0 Å². The lowest BCUT2D eigenvalue weighted by Gasteiger charge is -2.25. The molecule has 0 radical (unpaired) electrons. The van der Waals surface area contributed by atoms with Crippen molar-refractivity contribution >= 4 is 5.91 Å². The number of amides is 1. The van der Waals surface area contributed by atoms with E-state index in [1.54, 1.807) is 0 Å². The second-order valence-corrected chi connectivity index (χ2v) is 3.70. The van der Waals surface area contributed by atoms with Gasteiger partial charge in [0.2, 0.25) is 5.91 Å². The summed E-state index contributed by atoms with van der Waals surface area (Å²) in [6, 6.07) is 0. The molecule has 0 heterocycles. The minimum absolute atomic E-state index is 0.240. The molecule has 1 amide bonds. The van der Waals surface area contributed by atoms with Gasteiger partial charge in [-0.3, -0.25) is 4.79 Å². The first kappa shape index (κ1) is 9.56. The van der Waals surface area contributed by atoms with Crippen molar-refractivity contribution in [1.82, 2.24) is 5.32 Å². The minimum atomic E-state index is 0.240. The van der Waals surface area contributed by atoms with Crippen LogP contribution in [0.2, 0.25) is 0 Å². The van der Waals surface area contributed by atoms with Crippen molar-refractivity contribution in [3.8, 4) is 0 Å². The van der Waals surface area contributed by atoms with E-state index >= 15 is 0 Å². The van der Waals surface area contributed by atoms with E-state index in [1.807, 2.05) is 0 Å². The molecule has 1 rings (SSSR count). The lowest BCUT2D eigenvalue weighted by atomic mass is 9.85. The zero-order chi connectivity index (χ0) is 8.81. The van der Waals surface area contributed by atoms with Crippen molar-refractivity contribution in [3.05, 3.63) is 0 Å². The molecule has 1 saturated carbocycles. The first-order valence-corrected chi connectivity index (χ1v) is 5.09. The third-order valence-electron chi connectivity index (χ3n) is 2.57. The van der Waals surface area contributed by atoms with Gasteiger partial charge in [-0.25, -0.2) is 0 Å². The zero-order valence-electron chi connectivity index (χ0n) is 7.94. The van der Waals surface area contributed by atoms with Gasteiger partial charge in [-0.15, -0.1) is 0 Å². The number of carbonyl (C=O) groups is 1. The van der Waals surface area contributed by atoms with Crippen LogP contribution in [0.1, 0.15) is 45.4 Å². The first-order chi connectivity index (χ1) is 5.83. The van der Waals surface area contributed by atoms with Gasteiger partial charge >= 0.3 is 0 Å². The van der Waals surface area contributed by atoms with E-state index in [0.29, 0.717) is 6.42 Å². The quantitative estimate of drug-likeness (QED) is 0.671. The summed E-state index contributed by atoms with van der Waals surface area (Å²) in [5.74, 6) is 1.03. The fourth-order valence-electron chi connectivity index (χ4n) is 1.38. The summed E-state index contributed by atoms with van der Waals surface area (Å²) < 4.78 is 0. The summed E-state index contributed by atoms with van der Waals surface area (Å²) >= 11 is 0. The molecule has 1 fully saturated rings. The van der Waals surface area contributed by atoms with E-state index in [4.69, 9.17) is 0 Å². The molecular weight excluding hydrogens is 150 g/mol. The van der Waals surface area contributed by atoms with Gasteiger partial charge in [-0.2, -0.15) is 0 Å². The summed E-state index contributed by atoms with van der Waals surface area (Å²) in [5.41, 5.74) is 0. The first-order valence-electron chi connectivity index (χ1n) is 5.09. The molecule has 0 aromatic heterocycles. The Hall–Kier alpha value is -0.530. The highest BCUT2D eigenvalue weighted by Gasteiger charge is 2.17. The van der Waals surface area contributed by atoms with Gasteiger partial charge in [-0.1, -0.05) is 19.8 Å². The molecule has 1 aliphatic rings. The molecule has 0 bridgehead atoms. The summed E-state index contributed by atoms with van der Waals surface area (Å²) in [7, 11) is 0. The Kier molecular flexibility index (Phi) is 4.12. The molecule has 2 nitrogen and oxygen atoms in total. The highest BCUT2D eigenvalue weighted by Crippen LogP contribution is 2.25. The van der Waals surface area contributed by atoms with Gasteiger partial charge in [0.15, 0.2) is 0 Å². The molecule has 1 N–H and O–H groups in total. The van der Waals surface area contributed by atoms with Gasteiger partial charge in [0.25, 0.3) is 0 Å². The van der Waals surface area contributed by atoms with E-state index in [0.717, 1.165) is 25.3 Å². The van der Waals surface area contributed by atoms with Crippen LogP contribution in [0.15, 0.2) is 0 Å². The summed E-state index contributed by atoms with van der Waals surface area (Å²) in [6.45, 7) is 3.03. The molecule has 12 heavy (non-hydrogen) atoms. The monoisotopic (exact) mass is 169 g/mol. The molecular formula is C10H19NO. The Bertz CT molecular complexity index is 141. The number of unbranched alkanes of at least 4 members (excludes halogenated alkanes) is 1. The van der Waals surface area contributed by atoms with Crippen LogP contribution in [-0.4, -0.2) is 12.5 Å². The van der Waals surface area contributed by atoms with Crippen LogP contribution in [-0.2, 0) is 4.79 Å². The van der Waals surface area contributed by atoms with Crippen molar-refractivity contribution in [2.75, 3.05) is 6.54 Å². The SMILES string of the molecule is CCCCC(=O)NCC1CCC1. The second kappa shape index (κ2) is 5.18. The van der Waals surface area contributed by atoms with Crippen molar-refractivity contribution in [2.45, 2.75) is 45.4 Å². The molecule has 0 aromatic rings. The van der Waals surface area contributed by atoms with Gasteiger partial charge < -0.3 is 5.32 Å². The normalized spacial score (nSPS) is 17.1. The number of carbonyl (C=O) groups excluding carboxylic acids is 1. The predicted molar refractivity (Wildman–Crippen MR) is 49.9 cm³/mol. The van der Waals surface area contributed by atoms with E-state index in [1.165, 1.54) is 19.3 Å². The molecule has 0 aromatic carbocycles. The largest absolute Gasteiger partial charge is 0.356 e. The lowest BCUT2D eigenvalue weighted by molar-refractivity contribution is -0.121. The van der Waals surface area contributed by atoms with Crippen LogP contribution in [0.5, 0.6) is 0 Å². The minimum Gasteiger partial charge on any atom is -0.356 e. The Morgan fingerprint density at radius 2 is 2.25 bits per heavy atom. The Morgan fingerprint density at radius 1 is 1.50 bits per heavy atom. The summed E-state index contributed by atoms with van der Waals surface area (Å²) in [4.78, 5) is 11.1. The third kappa shape index (κ3) is 3.24. The van der Waals surface area contributed by atoms with E-state index < -0.39 is 0 Å². The summed E-state index contributed by atoms with van der Waals surface area (Å²) in [6.07, 6.45) is 6.83. The van der Waals surface area contributed by atoms with Crippen LogP contribution in [0, 0.1) is 5.92 Å². The maximum atomic E-state index is 11.1. The molecule has 70 valence electrons. The number of rotatable bonds is 5. The molecule has 1 aliphatic carbocycles. The molecule has 0 spiro atoms. The highest BCUT2D eigenvalue weighted by atomic mass is 16.1. The van der Waals surface area contributed by atoms with Crippen LogP contribution in [0.3, 0.4) is 0 Å². The lowest BCUT2D eigenvalue weighted by Crippen LogP contribution is -2.31. The van der Waals surface area contributed by atoms with Crippen LogP contribution < -0.4 is 5.32 Å². The molecule has 0 aliphatic heterocycles. The van der Waals surface area contributed by atoms with Crippen LogP contribution in [0.4, 0.5) is 0 Å². The van der Waals surface area contributed by atoms with Crippen molar-refractivity contribution < 1.29 is 4.79 Å². The number of hydrogen-bond donors (Lipinski definition) is 1. The highest BCUT2D eigenvalue weighted by molar-refractivity contribution is 5.75. The second-order valence-electron chi connectivity index (χ2n) is 3.70. The van der Waals surface area contributed by atoms with Gasteiger partial charge in [0.05, 0.1) is 0 Å². The van der Waals surface area contributed by atoms with E-state index in [2.05, 4.69) is 12.2 Å². The topological polar surface area (TPSA) is 29.1 Å². The van der Waals surface area contributed by atoms with Crippen molar-refractivity contribution in [2.24, 2.45) is 5.92 Å². The Morgan fingerprint density at radius 3 is 2.75 bits per heavy atom.